The van der Waals surface area contributed by atoms with Crippen LogP contribution in [0.2, 0.25) is 0 Å². The van der Waals surface area contributed by atoms with E-state index in [9.17, 15) is 27.6 Å². The quantitative estimate of drug-likeness (QED) is 0.590. The number of urea groups is 1. The summed E-state index contributed by atoms with van der Waals surface area (Å²) in [7, 11) is 1.44. The molecule has 2 heterocycles. The number of nitrogens with two attached hydrogens (primary N) is 1. The Kier molecular flexibility index (Phi) is 5.65. The average molecular weight is 470 g/mol. The van der Waals surface area contributed by atoms with E-state index in [0.29, 0.717) is 25.7 Å². The van der Waals surface area contributed by atoms with Gasteiger partial charge in [0.2, 0.25) is 11.8 Å². The van der Waals surface area contributed by atoms with Gasteiger partial charge in [0, 0.05) is 12.1 Å². The Morgan fingerprint density at radius 2 is 1.97 bits per heavy atom. The van der Waals surface area contributed by atoms with Gasteiger partial charge in [-0.1, -0.05) is 6.92 Å². The lowest BCUT2D eigenvalue weighted by atomic mass is 9.52. The minimum absolute atomic E-state index is 0.0910. The zero-order valence-corrected chi connectivity index (χ0v) is 18.1. The molecule has 1 unspecified atom stereocenters. The molecule has 1 saturated heterocycles. The van der Waals surface area contributed by atoms with Crippen molar-refractivity contribution in [1.82, 2.24) is 15.2 Å². The first-order chi connectivity index (χ1) is 15.4. The molecule has 1 aromatic heterocycles. The Hall–Kier alpha value is -3.05. The normalized spacial score (nSPS) is 29.8. The molecule has 1 spiro atoms. The molecule has 2 saturated carbocycles. The standard InChI is InChI=1S/C21H25F3N4O5/c1-10(21(22,23)24)5-14-18(30)28(19(31)26-14)11-6-20(7-11)8-12(9-20)33-17-13(16(25)29)3-4-15(27-17)32-2/h3-4,10-12,14H,5-9H2,1-2H3,(H2,25,29)(H,26,31)/t10?,11-,12-,14-,20?/m0/s1. The second-order valence-corrected chi connectivity index (χ2v) is 9.17. The molecular formula is C21H25F3N4O5. The molecule has 0 aromatic carbocycles. The molecule has 1 aliphatic heterocycles. The molecule has 12 heteroatoms. The van der Waals surface area contributed by atoms with Crippen molar-refractivity contribution in [3.05, 3.63) is 17.7 Å². The van der Waals surface area contributed by atoms with Crippen molar-refractivity contribution in [2.75, 3.05) is 7.11 Å². The van der Waals surface area contributed by atoms with E-state index in [1.807, 2.05) is 0 Å². The van der Waals surface area contributed by atoms with Crippen LogP contribution in [-0.4, -0.2) is 59.2 Å². The van der Waals surface area contributed by atoms with Gasteiger partial charge >= 0.3 is 12.2 Å². The van der Waals surface area contributed by atoms with Crippen molar-refractivity contribution in [1.29, 1.82) is 0 Å². The van der Waals surface area contributed by atoms with Gasteiger partial charge in [0.15, 0.2) is 0 Å². The fourth-order valence-electron chi connectivity index (χ4n) is 4.96. The number of amides is 4. The molecule has 3 aliphatic rings. The maximum absolute atomic E-state index is 12.8. The zero-order chi connectivity index (χ0) is 24.1. The smallest absolute Gasteiger partial charge is 0.391 e. The number of methoxy groups -OCH3 is 1. The molecule has 3 fully saturated rings. The van der Waals surface area contributed by atoms with Gasteiger partial charge in [0.25, 0.3) is 11.8 Å². The molecule has 2 atom stereocenters. The topological polar surface area (TPSA) is 124 Å². The number of ether oxygens (including phenoxy) is 2. The molecule has 4 rings (SSSR count). The van der Waals surface area contributed by atoms with Gasteiger partial charge in [-0.15, -0.1) is 0 Å². The van der Waals surface area contributed by atoms with E-state index in [0.717, 1.165) is 11.8 Å². The molecule has 9 nitrogen and oxygen atoms in total. The van der Waals surface area contributed by atoms with Crippen LogP contribution in [0.4, 0.5) is 18.0 Å². The van der Waals surface area contributed by atoms with Crippen LogP contribution in [0.3, 0.4) is 0 Å². The summed E-state index contributed by atoms with van der Waals surface area (Å²) >= 11 is 0. The summed E-state index contributed by atoms with van der Waals surface area (Å²) in [4.78, 5) is 41.7. The zero-order valence-electron chi connectivity index (χ0n) is 18.1. The van der Waals surface area contributed by atoms with Crippen LogP contribution in [0.1, 0.15) is 49.4 Å². The third-order valence-electron chi connectivity index (χ3n) is 6.81. The number of aromatic nitrogens is 1. The third kappa shape index (κ3) is 4.30. The minimum Gasteiger partial charge on any atom is -0.481 e. The van der Waals surface area contributed by atoms with Crippen molar-refractivity contribution in [3.63, 3.8) is 0 Å². The summed E-state index contributed by atoms with van der Waals surface area (Å²) in [6.45, 7) is 0.996. The second kappa shape index (κ2) is 8.07. The van der Waals surface area contributed by atoms with E-state index in [2.05, 4.69) is 10.3 Å². The van der Waals surface area contributed by atoms with Gasteiger partial charge in [-0.2, -0.15) is 18.2 Å². The van der Waals surface area contributed by atoms with Crippen LogP contribution >= 0.6 is 0 Å². The molecule has 0 radical (unpaired) electrons. The molecule has 3 N–H and O–H groups in total. The Bertz CT molecular complexity index is 971. The van der Waals surface area contributed by atoms with E-state index < -0.39 is 42.4 Å². The summed E-state index contributed by atoms with van der Waals surface area (Å²) in [6, 6.07) is 0.839. The Balaban J connectivity index is 1.32. The lowest BCUT2D eigenvalue weighted by Crippen LogP contribution is -2.60. The molecule has 4 amide bonds. The maximum Gasteiger partial charge on any atom is 0.391 e. The van der Waals surface area contributed by atoms with Crippen LogP contribution < -0.4 is 20.5 Å². The predicted octanol–water partition coefficient (Wildman–Crippen LogP) is 2.39. The highest BCUT2D eigenvalue weighted by Gasteiger charge is 2.59. The number of alkyl halides is 3. The number of nitrogens with zero attached hydrogens (tertiary/aromatic N) is 2. The number of hydrogen-bond donors (Lipinski definition) is 2. The monoisotopic (exact) mass is 470 g/mol. The van der Waals surface area contributed by atoms with E-state index in [4.69, 9.17) is 15.2 Å². The number of imide groups is 1. The number of halogens is 3. The number of hydrogen-bond acceptors (Lipinski definition) is 6. The second-order valence-electron chi connectivity index (χ2n) is 9.17. The van der Waals surface area contributed by atoms with Gasteiger partial charge in [0.1, 0.15) is 17.7 Å². The first kappa shape index (κ1) is 23.1. The molecular weight excluding hydrogens is 445 g/mol. The number of carbonyl (C=O) groups excluding carboxylic acids is 3. The van der Waals surface area contributed by atoms with Crippen LogP contribution in [0.25, 0.3) is 0 Å². The van der Waals surface area contributed by atoms with Crippen molar-refractivity contribution in [2.24, 2.45) is 17.1 Å². The van der Waals surface area contributed by atoms with Gasteiger partial charge in [-0.3, -0.25) is 14.5 Å². The predicted molar refractivity (Wildman–Crippen MR) is 107 cm³/mol. The minimum atomic E-state index is -4.42. The Labute approximate surface area is 187 Å². The van der Waals surface area contributed by atoms with Crippen molar-refractivity contribution >= 4 is 17.8 Å². The van der Waals surface area contributed by atoms with Gasteiger partial charge < -0.3 is 20.5 Å². The highest BCUT2D eigenvalue weighted by Crippen LogP contribution is 2.58. The van der Waals surface area contributed by atoms with E-state index in [-0.39, 0.29) is 34.9 Å². The van der Waals surface area contributed by atoms with Crippen LogP contribution in [0.5, 0.6) is 11.8 Å². The van der Waals surface area contributed by atoms with Crippen molar-refractivity contribution < 1.29 is 37.0 Å². The summed E-state index contributed by atoms with van der Waals surface area (Å²) in [5, 5.41) is 2.39. The highest BCUT2D eigenvalue weighted by atomic mass is 19.4. The molecule has 180 valence electrons. The number of nitrogens with one attached hydrogen (secondary N) is 1. The number of pyridine rings is 1. The van der Waals surface area contributed by atoms with Crippen LogP contribution in [0, 0.1) is 11.3 Å². The fraction of sp³-hybridized carbons (Fsp3) is 0.619. The first-order valence-electron chi connectivity index (χ1n) is 10.6. The lowest BCUT2D eigenvalue weighted by molar-refractivity contribution is -0.173. The largest absolute Gasteiger partial charge is 0.481 e. The van der Waals surface area contributed by atoms with Gasteiger partial charge in [0.05, 0.1) is 13.0 Å². The number of primary amides is 1. The first-order valence-corrected chi connectivity index (χ1v) is 10.6. The van der Waals surface area contributed by atoms with Gasteiger partial charge in [-0.05, 0) is 43.6 Å². The summed E-state index contributed by atoms with van der Waals surface area (Å²) in [5.41, 5.74) is 5.40. The third-order valence-corrected chi connectivity index (χ3v) is 6.81. The molecule has 2 aliphatic carbocycles. The fourth-order valence-corrected chi connectivity index (χ4v) is 4.96. The highest BCUT2D eigenvalue weighted by molar-refractivity contribution is 6.04. The Morgan fingerprint density at radius 3 is 2.55 bits per heavy atom. The van der Waals surface area contributed by atoms with E-state index in [1.165, 1.54) is 19.2 Å². The Morgan fingerprint density at radius 1 is 1.30 bits per heavy atom. The molecule has 0 bridgehead atoms. The SMILES string of the molecule is COc1ccc(C(N)=O)c(O[C@H]2CC3(C2)C[C@H](N2C(=O)N[C@@H](CC(C)C(F)(F)F)C2=O)C3)n1. The maximum atomic E-state index is 12.8. The molecule has 33 heavy (non-hydrogen) atoms. The summed E-state index contributed by atoms with van der Waals surface area (Å²) in [5.74, 6) is -2.60. The van der Waals surface area contributed by atoms with E-state index >= 15 is 0 Å². The van der Waals surface area contributed by atoms with Crippen molar-refractivity contribution in [2.45, 2.75) is 63.4 Å². The summed E-state index contributed by atoms with van der Waals surface area (Å²) in [6.07, 6.45) is -2.73. The van der Waals surface area contributed by atoms with E-state index in [1.54, 1.807) is 0 Å². The average Bonchev–Trinajstić information content (AvgIpc) is 2.94. The lowest BCUT2D eigenvalue weighted by Gasteiger charge is -2.58. The van der Waals surface area contributed by atoms with Crippen molar-refractivity contribution in [3.8, 4) is 11.8 Å². The van der Waals surface area contributed by atoms with Crippen LogP contribution in [0.15, 0.2) is 12.1 Å². The van der Waals surface area contributed by atoms with Gasteiger partial charge in [-0.25, -0.2) is 4.79 Å². The number of carbonyl (C=O) groups is 3. The molecule has 1 aromatic rings. The summed E-state index contributed by atoms with van der Waals surface area (Å²) < 4.78 is 49.4. The number of rotatable bonds is 7. The van der Waals surface area contributed by atoms with Crippen LogP contribution in [-0.2, 0) is 4.79 Å².